The zero-order valence-electron chi connectivity index (χ0n) is 15.5. The van der Waals surface area contributed by atoms with Gasteiger partial charge in [-0.1, -0.05) is 6.92 Å². The monoisotopic (exact) mass is 386 g/mol. The van der Waals surface area contributed by atoms with E-state index in [1.54, 1.807) is 25.6 Å². The highest BCUT2D eigenvalue weighted by molar-refractivity contribution is 7.89. The van der Waals surface area contributed by atoms with Gasteiger partial charge in [0.2, 0.25) is 15.9 Å². The molecule has 1 aliphatic rings. The van der Waals surface area contributed by atoms with Gasteiger partial charge >= 0.3 is 0 Å². The maximum atomic E-state index is 12.9. The Kier molecular flexibility index (Phi) is 6.15. The SMILES string of the molecule is CCC(C)(CS(=O)(=O)N1CCc2cc(OC)c(OC)cc2C1)C(=O)NO. The average Bonchev–Trinajstić information content (AvgIpc) is 2.64. The van der Waals surface area contributed by atoms with Crippen LogP contribution in [0.2, 0.25) is 0 Å². The molecule has 0 saturated carbocycles. The summed E-state index contributed by atoms with van der Waals surface area (Å²) in [5, 5.41) is 8.91. The molecule has 0 radical (unpaired) electrons. The second-order valence-corrected chi connectivity index (χ2v) is 8.64. The highest BCUT2D eigenvalue weighted by Crippen LogP contribution is 2.34. The molecule has 26 heavy (non-hydrogen) atoms. The summed E-state index contributed by atoms with van der Waals surface area (Å²) in [6.07, 6.45) is 0.831. The first-order valence-corrected chi connectivity index (χ1v) is 9.97. The van der Waals surface area contributed by atoms with Crippen LogP contribution >= 0.6 is 0 Å². The fraction of sp³-hybridized carbons (Fsp3) is 0.588. The van der Waals surface area contributed by atoms with E-state index < -0.39 is 21.3 Å². The van der Waals surface area contributed by atoms with Crippen LogP contribution in [0.4, 0.5) is 0 Å². The maximum Gasteiger partial charge on any atom is 0.250 e. The van der Waals surface area contributed by atoms with Crippen LogP contribution in [0.25, 0.3) is 0 Å². The van der Waals surface area contributed by atoms with E-state index in [2.05, 4.69) is 0 Å². The zero-order valence-corrected chi connectivity index (χ0v) is 16.4. The average molecular weight is 386 g/mol. The van der Waals surface area contributed by atoms with Crippen molar-refractivity contribution in [3.63, 3.8) is 0 Å². The van der Waals surface area contributed by atoms with Gasteiger partial charge in [0, 0.05) is 13.1 Å². The summed E-state index contributed by atoms with van der Waals surface area (Å²) in [4.78, 5) is 11.9. The molecule has 0 saturated heterocycles. The van der Waals surface area contributed by atoms with E-state index in [4.69, 9.17) is 14.7 Å². The van der Waals surface area contributed by atoms with Crippen LogP contribution in [-0.4, -0.2) is 50.4 Å². The summed E-state index contributed by atoms with van der Waals surface area (Å²) in [5.41, 5.74) is 2.23. The number of fused-ring (bicyclic) bond motifs is 1. The number of hydroxylamine groups is 1. The van der Waals surface area contributed by atoms with E-state index in [1.807, 2.05) is 6.07 Å². The van der Waals surface area contributed by atoms with Crippen molar-refractivity contribution in [1.82, 2.24) is 9.79 Å². The van der Waals surface area contributed by atoms with Crippen molar-refractivity contribution in [1.29, 1.82) is 0 Å². The van der Waals surface area contributed by atoms with Crippen LogP contribution in [0.1, 0.15) is 31.4 Å². The quantitative estimate of drug-likeness (QED) is 0.541. The van der Waals surface area contributed by atoms with Gasteiger partial charge in [-0.15, -0.1) is 0 Å². The molecule has 0 spiro atoms. The van der Waals surface area contributed by atoms with Gasteiger partial charge in [-0.05, 0) is 43.0 Å². The Hall–Kier alpha value is -1.84. The normalized spacial score (nSPS) is 17.1. The Bertz CT molecular complexity index is 780. The van der Waals surface area contributed by atoms with E-state index in [9.17, 15) is 13.2 Å². The van der Waals surface area contributed by atoms with E-state index in [1.165, 1.54) is 18.3 Å². The second kappa shape index (κ2) is 7.81. The molecular weight excluding hydrogens is 360 g/mol. The first-order valence-electron chi connectivity index (χ1n) is 8.37. The van der Waals surface area contributed by atoms with Gasteiger partial charge in [-0.2, -0.15) is 4.31 Å². The Morgan fingerprint density at radius 2 is 1.85 bits per heavy atom. The van der Waals surface area contributed by atoms with Crippen molar-refractivity contribution >= 4 is 15.9 Å². The Morgan fingerprint density at radius 3 is 2.35 bits per heavy atom. The number of nitrogens with zero attached hydrogens (tertiary/aromatic N) is 1. The third-order valence-corrected chi connectivity index (χ3v) is 7.11. The van der Waals surface area contributed by atoms with E-state index in [-0.39, 0.29) is 18.7 Å². The third-order valence-electron chi connectivity index (χ3n) is 5.01. The number of methoxy groups -OCH3 is 2. The van der Waals surface area contributed by atoms with Crippen molar-refractivity contribution in [2.45, 2.75) is 33.2 Å². The molecule has 2 rings (SSSR count). The Balaban J connectivity index is 2.27. The molecule has 9 heteroatoms. The highest BCUT2D eigenvalue weighted by atomic mass is 32.2. The van der Waals surface area contributed by atoms with Gasteiger partial charge < -0.3 is 9.47 Å². The van der Waals surface area contributed by atoms with Crippen molar-refractivity contribution in [2.75, 3.05) is 26.5 Å². The number of nitrogens with one attached hydrogen (secondary N) is 1. The van der Waals surface area contributed by atoms with Crippen molar-refractivity contribution < 1.29 is 27.9 Å². The molecular formula is C17H26N2O6S. The summed E-state index contributed by atoms with van der Waals surface area (Å²) in [5.74, 6) is 0.0857. The molecule has 1 amide bonds. The standard InChI is InChI=1S/C17H26N2O6S/c1-5-17(2,16(20)18-21)11-26(22,23)19-7-6-12-8-14(24-3)15(25-4)9-13(12)10-19/h8-9,21H,5-7,10-11H2,1-4H3,(H,18,20). The molecule has 0 fully saturated rings. The minimum absolute atomic E-state index is 0.207. The number of hydrogen-bond donors (Lipinski definition) is 2. The number of rotatable bonds is 7. The number of amides is 1. The lowest BCUT2D eigenvalue weighted by atomic mass is 9.89. The summed E-state index contributed by atoms with van der Waals surface area (Å²) < 4.78 is 37.7. The molecule has 0 aromatic heterocycles. The summed E-state index contributed by atoms with van der Waals surface area (Å²) in [6.45, 7) is 3.78. The molecule has 1 atom stereocenters. The summed E-state index contributed by atoms with van der Waals surface area (Å²) in [6, 6.07) is 3.66. The minimum atomic E-state index is -3.70. The van der Waals surface area contributed by atoms with Crippen LogP contribution in [0.5, 0.6) is 11.5 Å². The predicted molar refractivity (Wildman–Crippen MR) is 95.8 cm³/mol. The molecule has 0 bridgehead atoms. The minimum Gasteiger partial charge on any atom is -0.493 e. The van der Waals surface area contributed by atoms with Gasteiger partial charge in [0.15, 0.2) is 11.5 Å². The molecule has 2 N–H and O–H groups in total. The second-order valence-electron chi connectivity index (χ2n) is 6.67. The fourth-order valence-corrected chi connectivity index (χ4v) is 5.08. The molecule has 1 unspecified atom stereocenters. The lowest BCUT2D eigenvalue weighted by Crippen LogP contribution is -2.47. The van der Waals surface area contributed by atoms with Crippen molar-refractivity contribution in [2.24, 2.45) is 5.41 Å². The van der Waals surface area contributed by atoms with Gasteiger partial charge in [-0.3, -0.25) is 10.0 Å². The lowest BCUT2D eigenvalue weighted by molar-refractivity contribution is -0.138. The van der Waals surface area contributed by atoms with Gasteiger partial charge in [0.1, 0.15) is 0 Å². The first-order chi connectivity index (χ1) is 12.2. The van der Waals surface area contributed by atoms with Crippen LogP contribution in [-0.2, 0) is 27.8 Å². The lowest BCUT2D eigenvalue weighted by Gasteiger charge is -2.32. The van der Waals surface area contributed by atoms with Gasteiger partial charge in [0.25, 0.3) is 0 Å². The molecule has 1 aliphatic heterocycles. The number of sulfonamides is 1. The maximum absolute atomic E-state index is 12.9. The van der Waals surface area contributed by atoms with Crippen LogP contribution in [0, 0.1) is 5.41 Å². The number of carbonyl (C=O) groups excluding carboxylic acids is 1. The topological polar surface area (TPSA) is 105 Å². The van der Waals surface area contributed by atoms with Crippen LogP contribution in [0.3, 0.4) is 0 Å². The van der Waals surface area contributed by atoms with E-state index in [0.717, 1.165) is 11.1 Å². The van der Waals surface area contributed by atoms with Crippen molar-refractivity contribution in [3.8, 4) is 11.5 Å². The number of carbonyl (C=O) groups is 1. The molecule has 146 valence electrons. The largest absolute Gasteiger partial charge is 0.493 e. The van der Waals surface area contributed by atoms with Crippen LogP contribution in [0.15, 0.2) is 12.1 Å². The summed E-state index contributed by atoms with van der Waals surface area (Å²) >= 11 is 0. The molecule has 1 aromatic rings. The predicted octanol–water partition coefficient (Wildman–Crippen LogP) is 1.31. The number of hydrogen-bond acceptors (Lipinski definition) is 6. The van der Waals surface area contributed by atoms with Crippen LogP contribution < -0.4 is 15.0 Å². The molecule has 8 nitrogen and oxygen atoms in total. The zero-order chi connectivity index (χ0) is 19.5. The van der Waals surface area contributed by atoms with E-state index in [0.29, 0.717) is 24.5 Å². The highest BCUT2D eigenvalue weighted by Gasteiger charge is 2.39. The van der Waals surface area contributed by atoms with E-state index >= 15 is 0 Å². The molecule has 1 aromatic carbocycles. The molecule has 1 heterocycles. The first kappa shape index (κ1) is 20.5. The number of ether oxygens (including phenoxy) is 2. The fourth-order valence-electron chi connectivity index (χ4n) is 3.05. The Labute approximate surface area is 154 Å². The van der Waals surface area contributed by atoms with Crippen molar-refractivity contribution in [3.05, 3.63) is 23.3 Å². The number of benzene rings is 1. The van der Waals surface area contributed by atoms with Gasteiger partial charge in [-0.25, -0.2) is 13.9 Å². The van der Waals surface area contributed by atoms with Gasteiger partial charge in [0.05, 0.1) is 25.4 Å². The third kappa shape index (κ3) is 3.94. The summed E-state index contributed by atoms with van der Waals surface area (Å²) in [7, 11) is -0.610. The Morgan fingerprint density at radius 1 is 1.27 bits per heavy atom. The molecule has 0 aliphatic carbocycles. The smallest absolute Gasteiger partial charge is 0.250 e.